The maximum Gasteiger partial charge on any atom is 0.303 e. The number of ether oxygens (including phenoxy) is 1. The molecule has 0 aliphatic carbocycles. The Balaban J connectivity index is 1.40. The monoisotopic (exact) mass is 456 g/mol. The second kappa shape index (κ2) is 10.3. The first kappa shape index (κ1) is 23.2. The minimum absolute atomic E-state index is 0.124. The summed E-state index contributed by atoms with van der Waals surface area (Å²) in [5, 5.41) is 8.88. The fourth-order valence-electron chi connectivity index (χ4n) is 3.78. The number of hydrogen-bond acceptors (Lipinski definition) is 5. The fraction of sp³-hybridized carbons (Fsp3) is 0.250. The number of nitrogens with zero attached hydrogens (tertiary/aromatic N) is 2. The molecule has 6 nitrogen and oxygen atoms in total. The van der Waals surface area contributed by atoms with Gasteiger partial charge in [-0.1, -0.05) is 24.3 Å². The average molecular weight is 457 g/mol. The van der Waals surface area contributed by atoms with Crippen LogP contribution in [0.25, 0.3) is 22.7 Å². The first-order chi connectivity index (χ1) is 16.4. The van der Waals surface area contributed by atoms with Gasteiger partial charge in [0.15, 0.2) is 0 Å². The van der Waals surface area contributed by atoms with Gasteiger partial charge in [0.05, 0.1) is 18.0 Å². The maximum atomic E-state index is 10.8. The van der Waals surface area contributed by atoms with E-state index in [1.165, 1.54) is 0 Å². The molecular formula is C28H28N2O4. The van der Waals surface area contributed by atoms with E-state index in [2.05, 4.69) is 4.98 Å². The number of benzene rings is 2. The molecule has 2 heterocycles. The highest BCUT2D eigenvalue weighted by Gasteiger charge is 2.13. The van der Waals surface area contributed by atoms with Crippen LogP contribution in [0.3, 0.4) is 0 Å². The Bertz CT molecular complexity index is 1290. The summed E-state index contributed by atoms with van der Waals surface area (Å²) >= 11 is 0. The number of rotatable bonds is 9. The molecule has 0 aliphatic rings. The van der Waals surface area contributed by atoms with E-state index in [9.17, 15) is 4.79 Å². The molecule has 2 aromatic carbocycles. The van der Waals surface area contributed by atoms with E-state index in [0.29, 0.717) is 25.3 Å². The van der Waals surface area contributed by atoms with Gasteiger partial charge in [0.1, 0.15) is 11.5 Å². The predicted molar refractivity (Wildman–Crippen MR) is 131 cm³/mol. The third kappa shape index (κ3) is 5.70. The van der Waals surface area contributed by atoms with Crippen LogP contribution >= 0.6 is 0 Å². The summed E-state index contributed by atoms with van der Waals surface area (Å²) < 4.78 is 11.9. The fourth-order valence-corrected chi connectivity index (χ4v) is 3.78. The van der Waals surface area contributed by atoms with E-state index in [4.69, 9.17) is 19.2 Å². The maximum absolute atomic E-state index is 10.8. The van der Waals surface area contributed by atoms with Gasteiger partial charge in [-0.3, -0.25) is 9.78 Å². The number of carbonyl (C=O) groups is 1. The summed E-state index contributed by atoms with van der Waals surface area (Å²) in [5.74, 6) is 1.33. The largest absolute Gasteiger partial charge is 0.493 e. The molecule has 0 unspecified atom stereocenters. The van der Waals surface area contributed by atoms with Gasteiger partial charge >= 0.3 is 5.97 Å². The zero-order chi connectivity index (χ0) is 24.1. The Hall–Kier alpha value is -3.93. The van der Waals surface area contributed by atoms with Gasteiger partial charge in [-0.05, 0) is 74.2 Å². The van der Waals surface area contributed by atoms with Crippen molar-refractivity contribution in [3.05, 3.63) is 88.9 Å². The van der Waals surface area contributed by atoms with Crippen LogP contribution in [0, 0.1) is 20.8 Å². The predicted octanol–water partition coefficient (Wildman–Crippen LogP) is 5.97. The summed E-state index contributed by atoms with van der Waals surface area (Å²) in [7, 11) is 0. The molecule has 0 saturated carbocycles. The summed E-state index contributed by atoms with van der Waals surface area (Å²) in [6.07, 6.45) is 3.12. The summed E-state index contributed by atoms with van der Waals surface area (Å²) in [4.78, 5) is 20.0. The van der Waals surface area contributed by atoms with Crippen LogP contribution in [0.5, 0.6) is 5.75 Å². The molecule has 2 aromatic heterocycles. The lowest BCUT2D eigenvalue weighted by Crippen LogP contribution is -2.04. The number of carboxylic acid groups (broad SMARTS) is 1. The Morgan fingerprint density at radius 2 is 1.82 bits per heavy atom. The van der Waals surface area contributed by atoms with Crippen molar-refractivity contribution < 1.29 is 19.1 Å². The van der Waals surface area contributed by atoms with Crippen molar-refractivity contribution in [2.45, 2.75) is 40.0 Å². The third-order valence-electron chi connectivity index (χ3n) is 5.74. The Kier molecular flexibility index (Phi) is 7.07. The molecule has 4 aromatic rings. The Labute approximate surface area is 199 Å². The minimum atomic E-state index is -0.791. The van der Waals surface area contributed by atoms with Crippen LogP contribution < -0.4 is 4.74 Å². The van der Waals surface area contributed by atoms with Crippen molar-refractivity contribution in [1.82, 2.24) is 9.97 Å². The van der Waals surface area contributed by atoms with E-state index in [-0.39, 0.29) is 6.42 Å². The molecule has 0 aliphatic heterocycles. The molecule has 0 amide bonds. The number of aromatic nitrogens is 2. The first-order valence-corrected chi connectivity index (χ1v) is 11.3. The lowest BCUT2D eigenvalue weighted by molar-refractivity contribution is -0.136. The summed E-state index contributed by atoms with van der Waals surface area (Å²) in [6.45, 7) is 6.37. The zero-order valence-electron chi connectivity index (χ0n) is 19.7. The highest BCUT2D eigenvalue weighted by Crippen LogP contribution is 2.27. The summed E-state index contributed by atoms with van der Waals surface area (Å²) in [6, 6.07) is 17.9. The van der Waals surface area contributed by atoms with Gasteiger partial charge in [-0.2, -0.15) is 0 Å². The number of aliphatic carboxylic acids is 1. The number of hydrogen-bond donors (Lipinski definition) is 1. The van der Waals surface area contributed by atoms with Crippen LogP contribution in [-0.2, 0) is 17.6 Å². The van der Waals surface area contributed by atoms with Gasteiger partial charge in [0.2, 0.25) is 5.89 Å². The Morgan fingerprint density at radius 3 is 2.56 bits per heavy atom. The van der Waals surface area contributed by atoms with E-state index in [1.54, 1.807) is 0 Å². The summed E-state index contributed by atoms with van der Waals surface area (Å²) in [5.41, 5.74) is 6.87. The molecule has 0 atom stereocenters. The number of aryl methyl sites for hydroxylation is 4. The number of oxazole rings is 1. The number of pyridine rings is 1. The molecule has 34 heavy (non-hydrogen) atoms. The van der Waals surface area contributed by atoms with Gasteiger partial charge in [-0.15, -0.1) is 0 Å². The van der Waals surface area contributed by atoms with Crippen molar-refractivity contribution in [3.63, 3.8) is 0 Å². The van der Waals surface area contributed by atoms with Crippen molar-refractivity contribution >= 4 is 5.97 Å². The van der Waals surface area contributed by atoms with E-state index >= 15 is 0 Å². The first-order valence-electron chi connectivity index (χ1n) is 11.3. The third-order valence-corrected chi connectivity index (χ3v) is 5.74. The Morgan fingerprint density at radius 1 is 1.00 bits per heavy atom. The van der Waals surface area contributed by atoms with Crippen LogP contribution in [-0.4, -0.2) is 27.7 Å². The van der Waals surface area contributed by atoms with Crippen molar-refractivity contribution in [2.75, 3.05) is 6.61 Å². The second-order valence-electron chi connectivity index (χ2n) is 8.40. The lowest BCUT2D eigenvalue weighted by atomic mass is 10.0. The standard InChI is InChI=1S/C28H28N2O4/c1-18-7-11-26(29-17-18)22-5-4-6-23(16-22)28-30-25(20(3)34-28)13-14-33-24-10-8-21(19(2)15-24)9-12-27(31)32/h4-8,10-11,15-17H,9,12-14H2,1-3H3,(H,31,32). The van der Waals surface area contributed by atoms with Crippen molar-refractivity contribution in [1.29, 1.82) is 0 Å². The van der Waals surface area contributed by atoms with E-state index in [1.807, 2.05) is 81.6 Å². The average Bonchev–Trinajstić information content (AvgIpc) is 3.19. The van der Waals surface area contributed by atoms with Gasteiger partial charge in [0, 0.05) is 30.2 Å². The topological polar surface area (TPSA) is 85.5 Å². The molecule has 0 spiro atoms. The molecule has 174 valence electrons. The van der Waals surface area contributed by atoms with Gasteiger partial charge in [-0.25, -0.2) is 4.98 Å². The van der Waals surface area contributed by atoms with Crippen molar-refractivity contribution in [3.8, 4) is 28.5 Å². The van der Waals surface area contributed by atoms with Crippen LogP contribution in [0.4, 0.5) is 0 Å². The van der Waals surface area contributed by atoms with Crippen LogP contribution in [0.2, 0.25) is 0 Å². The molecule has 0 bridgehead atoms. The lowest BCUT2D eigenvalue weighted by Gasteiger charge is -2.09. The quantitative estimate of drug-likeness (QED) is 0.334. The SMILES string of the molecule is Cc1ccc(-c2cccc(-c3nc(CCOc4ccc(CCC(=O)O)c(C)c4)c(C)o3)c2)nc1. The van der Waals surface area contributed by atoms with Crippen LogP contribution in [0.1, 0.15) is 34.6 Å². The second-order valence-corrected chi connectivity index (χ2v) is 8.40. The molecule has 4 rings (SSSR count). The van der Waals surface area contributed by atoms with Crippen molar-refractivity contribution in [2.24, 2.45) is 0 Å². The van der Waals surface area contributed by atoms with Gasteiger partial charge in [0.25, 0.3) is 0 Å². The number of carboxylic acids is 1. The molecular weight excluding hydrogens is 428 g/mol. The highest BCUT2D eigenvalue weighted by atomic mass is 16.5. The van der Waals surface area contributed by atoms with Crippen LogP contribution in [0.15, 0.2) is 65.2 Å². The van der Waals surface area contributed by atoms with Gasteiger partial charge < -0.3 is 14.3 Å². The molecule has 0 radical (unpaired) electrons. The smallest absolute Gasteiger partial charge is 0.303 e. The minimum Gasteiger partial charge on any atom is -0.493 e. The zero-order valence-corrected chi connectivity index (χ0v) is 19.7. The van der Waals surface area contributed by atoms with E-state index < -0.39 is 5.97 Å². The van der Waals surface area contributed by atoms with E-state index in [0.717, 1.165) is 50.7 Å². The molecule has 6 heteroatoms. The molecule has 0 saturated heterocycles. The molecule has 1 N–H and O–H groups in total. The molecule has 0 fully saturated rings. The highest BCUT2D eigenvalue weighted by molar-refractivity contribution is 5.68. The normalized spacial score (nSPS) is 10.9.